The lowest BCUT2D eigenvalue weighted by atomic mass is 10.1. The predicted octanol–water partition coefficient (Wildman–Crippen LogP) is 3.13. The fourth-order valence-corrected chi connectivity index (χ4v) is 4.38. The molecule has 164 valence electrons. The van der Waals surface area contributed by atoms with Crippen LogP contribution in [0.15, 0.2) is 65.6 Å². The summed E-state index contributed by atoms with van der Waals surface area (Å²) in [4.78, 5) is 26.2. The first-order chi connectivity index (χ1) is 16.2. The smallest absolute Gasteiger partial charge is 0.254 e. The van der Waals surface area contributed by atoms with Crippen LogP contribution in [0, 0.1) is 0 Å². The zero-order valence-corrected chi connectivity index (χ0v) is 18.0. The van der Waals surface area contributed by atoms with Crippen molar-refractivity contribution in [3.63, 3.8) is 0 Å². The van der Waals surface area contributed by atoms with Crippen LogP contribution in [0.25, 0.3) is 33.3 Å². The van der Waals surface area contributed by atoms with Crippen molar-refractivity contribution in [2.24, 2.45) is 7.05 Å². The van der Waals surface area contributed by atoms with Gasteiger partial charge in [0.2, 0.25) is 0 Å². The molecule has 0 aliphatic carbocycles. The van der Waals surface area contributed by atoms with Crippen LogP contribution in [-0.4, -0.2) is 61.9 Å². The van der Waals surface area contributed by atoms with Crippen molar-refractivity contribution < 1.29 is 9.32 Å². The number of aryl methyl sites for hydroxylation is 1. The molecule has 0 atom stereocenters. The molecule has 1 aliphatic rings. The van der Waals surface area contributed by atoms with Crippen LogP contribution in [-0.2, 0) is 7.05 Å². The molecule has 4 heterocycles. The van der Waals surface area contributed by atoms with Gasteiger partial charge < -0.3 is 14.3 Å². The van der Waals surface area contributed by atoms with Crippen LogP contribution in [0.2, 0.25) is 0 Å². The summed E-state index contributed by atoms with van der Waals surface area (Å²) in [5, 5.41) is 10.2. The summed E-state index contributed by atoms with van der Waals surface area (Å²) in [5.74, 6) is 1.54. The number of aromatic nitrogens is 5. The maximum Gasteiger partial charge on any atom is 0.254 e. The van der Waals surface area contributed by atoms with E-state index in [1.54, 1.807) is 17.2 Å². The number of carbonyl (C=O) groups is 1. The van der Waals surface area contributed by atoms with E-state index in [2.05, 4.69) is 25.1 Å². The molecule has 6 rings (SSSR count). The summed E-state index contributed by atoms with van der Waals surface area (Å²) in [6.07, 6.45) is 3.36. The lowest BCUT2D eigenvalue weighted by Gasteiger charge is -2.35. The Labute approximate surface area is 189 Å². The topological polar surface area (TPSA) is 93.2 Å². The first-order valence-corrected chi connectivity index (χ1v) is 10.8. The molecule has 33 heavy (non-hydrogen) atoms. The van der Waals surface area contributed by atoms with Crippen LogP contribution in [0.1, 0.15) is 10.4 Å². The van der Waals surface area contributed by atoms with Gasteiger partial charge in [-0.3, -0.25) is 9.48 Å². The number of hydrogen-bond acceptors (Lipinski definition) is 7. The molecule has 1 fully saturated rings. The molecule has 0 spiro atoms. The van der Waals surface area contributed by atoms with Gasteiger partial charge in [0.05, 0.1) is 17.0 Å². The number of nitrogens with zero attached hydrogens (tertiary/aromatic N) is 7. The minimum Gasteiger partial charge on any atom is -0.355 e. The Kier molecular flexibility index (Phi) is 4.53. The average Bonchev–Trinajstić information content (AvgIpc) is 3.47. The van der Waals surface area contributed by atoms with Gasteiger partial charge in [-0.2, -0.15) is 5.10 Å². The number of piperazine rings is 1. The third-order valence-corrected chi connectivity index (χ3v) is 6.13. The van der Waals surface area contributed by atoms with Crippen molar-refractivity contribution in [3.05, 3.63) is 66.6 Å². The summed E-state index contributed by atoms with van der Waals surface area (Å²) in [5.41, 5.74) is 3.10. The maximum absolute atomic E-state index is 13.3. The lowest BCUT2D eigenvalue weighted by molar-refractivity contribution is 0.0747. The van der Waals surface area contributed by atoms with E-state index in [9.17, 15) is 4.79 Å². The highest BCUT2D eigenvalue weighted by Crippen LogP contribution is 2.30. The Hall–Kier alpha value is -4.27. The van der Waals surface area contributed by atoms with Gasteiger partial charge in [-0.15, -0.1) is 0 Å². The second kappa shape index (κ2) is 7.70. The molecule has 0 saturated carbocycles. The molecule has 1 amide bonds. The van der Waals surface area contributed by atoms with E-state index < -0.39 is 0 Å². The third-order valence-electron chi connectivity index (χ3n) is 6.13. The molecule has 0 unspecified atom stereocenters. The number of rotatable bonds is 3. The molecule has 0 radical (unpaired) electrons. The van der Waals surface area contributed by atoms with E-state index >= 15 is 0 Å². The Balaban J connectivity index is 1.23. The highest BCUT2D eigenvalue weighted by atomic mass is 16.5. The quantitative estimate of drug-likeness (QED) is 0.426. The van der Waals surface area contributed by atoms with E-state index in [0.29, 0.717) is 37.5 Å². The van der Waals surface area contributed by atoms with Crippen LogP contribution in [0.4, 0.5) is 5.82 Å². The van der Waals surface area contributed by atoms with Gasteiger partial charge in [-0.25, -0.2) is 9.97 Å². The lowest BCUT2D eigenvalue weighted by Crippen LogP contribution is -2.49. The second-order valence-corrected chi connectivity index (χ2v) is 8.09. The maximum atomic E-state index is 13.3. The van der Waals surface area contributed by atoms with Crippen molar-refractivity contribution in [3.8, 4) is 11.3 Å². The van der Waals surface area contributed by atoms with Gasteiger partial charge in [0.25, 0.3) is 5.91 Å². The van der Waals surface area contributed by atoms with E-state index in [-0.39, 0.29) is 5.91 Å². The Morgan fingerprint density at radius 3 is 2.61 bits per heavy atom. The van der Waals surface area contributed by atoms with Crippen LogP contribution in [0.5, 0.6) is 0 Å². The van der Waals surface area contributed by atoms with Crippen molar-refractivity contribution in [1.29, 1.82) is 0 Å². The summed E-state index contributed by atoms with van der Waals surface area (Å²) in [6.45, 7) is 2.60. The number of anilines is 1. The molecule has 0 N–H and O–H groups in total. The van der Waals surface area contributed by atoms with Crippen LogP contribution in [0.3, 0.4) is 0 Å². The van der Waals surface area contributed by atoms with Gasteiger partial charge >= 0.3 is 0 Å². The molecule has 5 aromatic rings. The Morgan fingerprint density at radius 1 is 0.970 bits per heavy atom. The van der Waals surface area contributed by atoms with E-state index in [0.717, 1.165) is 33.3 Å². The monoisotopic (exact) mass is 439 g/mol. The Bertz CT molecular complexity index is 1470. The van der Waals surface area contributed by atoms with E-state index in [4.69, 9.17) is 4.52 Å². The molecule has 1 aliphatic heterocycles. The van der Waals surface area contributed by atoms with E-state index in [1.165, 1.54) is 0 Å². The van der Waals surface area contributed by atoms with Crippen LogP contribution < -0.4 is 4.90 Å². The number of amides is 1. The summed E-state index contributed by atoms with van der Waals surface area (Å²) in [7, 11) is 1.87. The number of carbonyl (C=O) groups excluding carboxylic acids is 1. The first kappa shape index (κ1) is 19.4. The van der Waals surface area contributed by atoms with Crippen LogP contribution >= 0.6 is 0 Å². The molecule has 9 heteroatoms. The predicted molar refractivity (Wildman–Crippen MR) is 124 cm³/mol. The summed E-state index contributed by atoms with van der Waals surface area (Å²) >= 11 is 0. The first-order valence-electron chi connectivity index (χ1n) is 10.8. The standard InChI is InChI=1S/C24H21N7O2/c1-29-22-19(14-27-29)23(26-15-25-22)30-9-11-31(12-10-30)24(32)17-7-8-20-18(13-17)21(33-28-20)16-5-3-2-4-6-16/h2-8,13-15H,9-12H2,1H3. The minimum atomic E-state index is 0.00553. The molecule has 3 aromatic heterocycles. The van der Waals surface area contributed by atoms with Gasteiger partial charge in [0.15, 0.2) is 11.4 Å². The molecule has 2 aromatic carbocycles. The van der Waals surface area contributed by atoms with Gasteiger partial charge in [0, 0.05) is 44.4 Å². The fourth-order valence-electron chi connectivity index (χ4n) is 4.38. The summed E-state index contributed by atoms with van der Waals surface area (Å²) < 4.78 is 7.32. The van der Waals surface area contributed by atoms with Gasteiger partial charge in [-0.05, 0) is 18.2 Å². The minimum absolute atomic E-state index is 0.00553. The van der Waals surface area contributed by atoms with Gasteiger partial charge in [0.1, 0.15) is 17.7 Å². The highest BCUT2D eigenvalue weighted by Gasteiger charge is 2.25. The van der Waals surface area contributed by atoms with Crippen molar-refractivity contribution in [1.82, 2.24) is 29.8 Å². The molecular weight excluding hydrogens is 418 g/mol. The zero-order valence-electron chi connectivity index (χ0n) is 18.0. The SMILES string of the molecule is Cn1ncc2c(N3CCN(C(=O)c4ccc5noc(-c6ccccc6)c5c4)CC3)ncnc21. The largest absolute Gasteiger partial charge is 0.355 e. The average molecular weight is 439 g/mol. The molecular formula is C24H21N7O2. The molecule has 1 saturated heterocycles. The molecule has 0 bridgehead atoms. The number of benzene rings is 2. The third kappa shape index (κ3) is 3.29. The number of fused-ring (bicyclic) bond motifs is 2. The zero-order chi connectivity index (χ0) is 22.4. The normalized spacial score (nSPS) is 14.3. The number of hydrogen-bond donors (Lipinski definition) is 0. The van der Waals surface area contributed by atoms with Crippen molar-refractivity contribution in [2.75, 3.05) is 31.1 Å². The van der Waals surface area contributed by atoms with Crippen molar-refractivity contribution >= 4 is 33.7 Å². The summed E-state index contributed by atoms with van der Waals surface area (Å²) in [6, 6.07) is 15.3. The second-order valence-electron chi connectivity index (χ2n) is 8.09. The van der Waals surface area contributed by atoms with Crippen molar-refractivity contribution in [2.45, 2.75) is 0 Å². The molecule has 9 nitrogen and oxygen atoms in total. The Morgan fingerprint density at radius 2 is 1.79 bits per heavy atom. The highest BCUT2D eigenvalue weighted by molar-refractivity contribution is 6.01. The van der Waals surface area contributed by atoms with Gasteiger partial charge in [-0.1, -0.05) is 35.5 Å². The van der Waals surface area contributed by atoms with E-state index in [1.807, 2.05) is 60.5 Å². The fraction of sp³-hybridized carbons (Fsp3) is 0.208.